The molecular weight excluding hydrogens is 196 g/mol. The summed E-state index contributed by atoms with van der Waals surface area (Å²) in [4.78, 5) is 12.1. The highest BCUT2D eigenvalue weighted by Gasteiger charge is 2.19. The normalized spacial score (nSPS) is 12.3. The molecule has 0 amide bonds. The summed E-state index contributed by atoms with van der Waals surface area (Å²) in [5, 5.41) is 0. The molecule has 0 N–H and O–H groups in total. The quantitative estimate of drug-likeness (QED) is 0.753. The molecule has 0 atom stereocenters. The molecule has 0 radical (unpaired) electrons. The van der Waals surface area contributed by atoms with Gasteiger partial charge in [0.1, 0.15) is 0 Å². The molecule has 0 fully saturated rings. The predicted octanol–water partition coefficient (Wildman–Crippen LogP) is 2.90. The third-order valence-electron chi connectivity index (χ3n) is 1.95. The van der Waals surface area contributed by atoms with Crippen molar-refractivity contribution in [1.29, 1.82) is 0 Å². The fraction of sp³-hybridized carbons (Fsp3) is 0.364. The molecule has 1 aromatic carbocycles. The number of hydrogen-bond acceptors (Lipinski definition) is 2. The fourth-order valence-electron chi connectivity index (χ4n) is 1.45. The highest BCUT2D eigenvalue weighted by atomic mass is 32.3. The van der Waals surface area contributed by atoms with Gasteiger partial charge in [0, 0.05) is 24.3 Å². The maximum atomic E-state index is 10.9. The van der Waals surface area contributed by atoms with Crippen LogP contribution in [0.3, 0.4) is 0 Å². The van der Waals surface area contributed by atoms with Gasteiger partial charge in [0.25, 0.3) is 0 Å². The summed E-state index contributed by atoms with van der Waals surface area (Å²) in [6, 6.07) is 8.02. The molecule has 0 saturated carbocycles. The fourth-order valence-corrected chi connectivity index (χ4v) is 3.37. The molecule has 14 heavy (non-hydrogen) atoms. The van der Waals surface area contributed by atoms with Crippen LogP contribution in [0.25, 0.3) is 0 Å². The van der Waals surface area contributed by atoms with E-state index in [1.807, 2.05) is 43.7 Å². The van der Waals surface area contributed by atoms with Crippen molar-refractivity contribution in [2.75, 3.05) is 12.5 Å². The molecule has 0 aliphatic carbocycles. The second-order valence-electron chi connectivity index (χ2n) is 3.57. The highest BCUT2D eigenvalue weighted by molar-refractivity contribution is 8.29. The van der Waals surface area contributed by atoms with Gasteiger partial charge in [0.05, 0.1) is 0 Å². The standard InChI is InChI=1S/C11H16O2S/c1-9-7-5-6-8-11(9)14(3,4)13-10(2)12/h5-8H,1-4H3. The van der Waals surface area contributed by atoms with E-state index < -0.39 is 10.3 Å². The van der Waals surface area contributed by atoms with Gasteiger partial charge in [-0.3, -0.25) is 4.79 Å². The number of aryl methyl sites for hydroxylation is 1. The van der Waals surface area contributed by atoms with Crippen LogP contribution in [0, 0.1) is 6.92 Å². The number of carbonyl (C=O) groups excluding carboxylic acids is 1. The predicted molar refractivity (Wildman–Crippen MR) is 60.7 cm³/mol. The summed E-state index contributed by atoms with van der Waals surface area (Å²) in [7, 11) is -1.44. The Labute approximate surface area is 86.8 Å². The van der Waals surface area contributed by atoms with E-state index in [0.29, 0.717) is 0 Å². The Morgan fingerprint density at radius 3 is 2.36 bits per heavy atom. The second kappa shape index (κ2) is 4.05. The molecule has 0 aromatic heterocycles. The Kier molecular flexibility index (Phi) is 3.21. The SMILES string of the molecule is CC(=O)OS(C)(C)c1ccccc1C. The molecule has 0 saturated heterocycles. The third kappa shape index (κ3) is 2.51. The minimum Gasteiger partial charge on any atom is -0.412 e. The summed E-state index contributed by atoms with van der Waals surface area (Å²) >= 11 is 0. The molecule has 0 heterocycles. The lowest BCUT2D eigenvalue weighted by molar-refractivity contribution is -0.130. The molecule has 0 spiro atoms. The maximum Gasteiger partial charge on any atom is 0.313 e. The van der Waals surface area contributed by atoms with Gasteiger partial charge < -0.3 is 4.18 Å². The zero-order chi connectivity index (χ0) is 10.8. The van der Waals surface area contributed by atoms with Crippen LogP contribution in [0.2, 0.25) is 0 Å². The van der Waals surface area contributed by atoms with Crippen molar-refractivity contribution in [3.05, 3.63) is 29.8 Å². The lowest BCUT2D eigenvalue weighted by Gasteiger charge is -2.31. The van der Waals surface area contributed by atoms with Crippen LogP contribution in [0.4, 0.5) is 0 Å². The molecule has 78 valence electrons. The van der Waals surface area contributed by atoms with Gasteiger partial charge in [-0.05, 0) is 18.6 Å². The Morgan fingerprint density at radius 2 is 1.86 bits per heavy atom. The van der Waals surface area contributed by atoms with E-state index in [9.17, 15) is 4.79 Å². The van der Waals surface area contributed by atoms with Crippen LogP contribution < -0.4 is 0 Å². The largest absolute Gasteiger partial charge is 0.412 e. The number of rotatable bonds is 2. The molecule has 1 rings (SSSR count). The minimum absolute atomic E-state index is 0.215. The van der Waals surface area contributed by atoms with Crippen molar-refractivity contribution in [2.24, 2.45) is 0 Å². The van der Waals surface area contributed by atoms with Gasteiger partial charge in [-0.15, -0.1) is 0 Å². The molecule has 0 unspecified atom stereocenters. The van der Waals surface area contributed by atoms with Crippen molar-refractivity contribution in [3.8, 4) is 0 Å². The first-order valence-corrected chi connectivity index (χ1v) is 6.80. The van der Waals surface area contributed by atoms with Gasteiger partial charge in [0.15, 0.2) is 0 Å². The number of hydrogen-bond donors (Lipinski definition) is 0. The Bertz CT molecular complexity index is 345. The third-order valence-corrected chi connectivity index (χ3v) is 4.12. The van der Waals surface area contributed by atoms with E-state index in [-0.39, 0.29) is 5.97 Å². The zero-order valence-electron chi connectivity index (χ0n) is 9.03. The van der Waals surface area contributed by atoms with Crippen LogP contribution in [-0.2, 0) is 8.98 Å². The van der Waals surface area contributed by atoms with Crippen LogP contribution in [0.5, 0.6) is 0 Å². The van der Waals surface area contributed by atoms with E-state index in [1.54, 1.807) is 0 Å². The average Bonchev–Trinajstić information content (AvgIpc) is 2.02. The molecular formula is C11H16O2S. The van der Waals surface area contributed by atoms with Gasteiger partial charge in [-0.2, -0.15) is 0 Å². The highest BCUT2D eigenvalue weighted by Crippen LogP contribution is 2.51. The van der Waals surface area contributed by atoms with Crippen molar-refractivity contribution in [1.82, 2.24) is 0 Å². The lowest BCUT2D eigenvalue weighted by atomic mass is 10.2. The smallest absolute Gasteiger partial charge is 0.313 e. The first kappa shape index (κ1) is 11.1. The summed E-state index contributed by atoms with van der Waals surface area (Å²) < 4.78 is 5.35. The minimum atomic E-state index is -1.44. The Hall–Kier alpha value is -0.960. The van der Waals surface area contributed by atoms with Crippen molar-refractivity contribution >= 4 is 16.3 Å². The van der Waals surface area contributed by atoms with Gasteiger partial charge >= 0.3 is 5.97 Å². The van der Waals surface area contributed by atoms with Crippen LogP contribution in [0.1, 0.15) is 12.5 Å². The van der Waals surface area contributed by atoms with E-state index in [4.69, 9.17) is 4.18 Å². The summed E-state index contributed by atoms with van der Waals surface area (Å²) in [6.45, 7) is 3.49. The Balaban J connectivity index is 3.03. The van der Waals surface area contributed by atoms with E-state index in [0.717, 1.165) is 4.90 Å². The summed E-state index contributed by atoms with van der Waals surface area (Å²) in [5.41, 5.74) is 1.17. The molecule has 3 heteroatoms. The van der Waals surface area contributed by atoms with Crippen molar-refractivity contribution in [2.45, 2.75) is 18.7 Å². The van der Waals surface area contributed by atoms with E-state index >= 15 is 0 Å². The molecule has 2 nitrogen and oxygen atoms in total. The molecule has 0 bridgehead atoms. The number of carbonyl (C=O) groups is 1. The van der Waals surface area contributed by atoms with E-state index in [1.165, 1.54) is 12.5 Å². The molecule has 0 aliphatic rings. The zero-order valence-corrected chi connectivity index (χ0v) is 9.85. The van der Waals surface area contributed by atoms with Crippen molar-refractivity contribution < 1.29 is 8.98 Å². The topological polar surface area (TPSA) is 26.3 Å². The number of benzene rings is 1. The van der Waals surface area contributed by atoms with Crippen LogP contribution in [0.15, 0.2) is 29.2 Å². The first-order valence-electron chi connectivity index (χ1n) is 4.42. The average molecular weight is 212 g/mol. The van der Waals surface area contributed by atoms with E-state index in [2.05, 4.69) is 0 Å². The van der Waals surface area contributed by atoms with Gasteiger partial charge in [-0.1, -0.05) is 28.5 Å². The van der Waals surface area contributed by atoms with Crippen molar-refractivity contribution in [3.63, 3.8) is 0 Å². The monoisotopic (exact) mass is 212 g/mol. The van der Waals surface area contributed by atoms with Gasteiger partial charge in [-0.25, -0.2) is 0 Å². The van der Waals surface area contributed by atoms with Crippen LogP contribution >= 0.6 is 10.3 Å². The second-order valence-corrected chi connectivity index (χ2v) is 6.65. The van der Waals surface area contributed by atoms with Gasteiger partial charge in [0.2, 0.25) is 0 Å². The lowest BCUT2D eigenvalue weighted by Crippen LogP contribution is -2.07. The Morgan fingerprint density at radius 1 is 1.29 bits per heavy atom. The molecule has 1 aromatic rings. The maximum absolute atomic E-state index is 10.9. The summed E-state index contributed by atoms with van der Waals surface area (Å²) in [6.07, 6.45) is 3.97. The first-order chi connectivity index (χ1) is 6.43. The van der Waals surface area contributed by atoms with Crippen LogP contribution in [-0.4, -0.2) is 18.5 Å². The summed E-state index contributed by atoms with van der Waals surface area (Å²) in [5.74, 6) is -0.215. The molecule has 0 aliphatic heterocycles.